The van der Waals surface area contributed by atoms with Crippen molar-refractivity contribution < 1.29 is 0 Å². The van der Waals surface area contributed by atoms with Crippen molar-refractivity contribution in [2.24, 2.45) is 11.8 Å². The quantitative estimate of drug-likeness (QED) is 0.704. The number of hydrogen-bond acceptors (Lipinski definition) is 1. The summed E-state index contributed by atoms with van der Waals surface area (Å²) in [5.74, 6) is 1.69. The number of halogens is 1. The van der Waals surface area contributed by atoms with Crippen molar-refractivity contribution in [2.45, 2.75) is 64.8 Å². The largest absolute Gasteiger partial charge is 0.314 e. The van der Waals surface area contributed by atoms with Crippen molar-refractivity contribution in [1.29, 1.82) is 0 Å². The van der Waals surface area contributed by atoms with Gasteiger partial charge in [0.1, 0.15) is 0 Å². The van der Waals surface area contributed by atoms with E-state index in [0.29, 0.717) is 6.04 Å². The highest BCUT2D eigenvalue weighted by Gasteiger charge is 2.29. The first-order valence-corrected chi connectivity index (χ1v) is 9.08. The molecular weight excluding hydrogens is 278 g/mol. The lowest BCUT2D eigenvalue weighted by atomic mass is 9.74. The fourth-order valence-electron chi connectivity index (χ4n) is 3.82. The minimum absolute atomic E-state index is 0.692. The Morgan fingerprint density at radius 2 is 2.05 bits per heavy atom. The molecule has 3 atom stereocenters. The molecule has 1 aliphatic carbocycles. The highest BCUT2D eigenvalue weighted by atomic mass is 35.5. The second-order valence-electron chi connectivity index (χ2n) is 6.62. The Labute approximate surface area is 135 Å². The first-order valence-electron chi connectivity index (χ1n) is 8.70. The molecule has 0 amide bonds. The zero-order valence-electron chi connectivity index (χ0n) is 13.6. The van der Waals surface area contributed by atoms with Crippen LogP contribution in [0.5, 0.6) is 0 Å². The lowest BCUT2D eigenvalue weighted by Crippen LogP contribution is -2.42. The summed E-state index contributed by atoms with van der Waals surface area (Å²) in [6, 6.07) is 9.11. The second kappa shape index (κ2) is 8.80. The van der Waals surface area contributed by atoms with Crippen LogP contribution < -0.4 is 5.32 Å². The van der Waals surface area contributed by atoms with Crippen LogP contribution in [0.2, 0.25) is 5.02 Å². The highest BCUT2D eigenvalue weighted by molar-refractivity contribution is 6.30. The van der Waals surface area contributed by atoms with Crippen LogP contribution in [-0.2, 0) is 6.42 Å². The normalized spacial score (nSPS) is 26.0. The van der Waals surface area contributed by atoms with Crippen molar-refractivity contribution in [1.82, 2.24) is 5.32 Å². The minimum atomic E-state index is 0.692. The van der Waals surface area contributed by atoms with E-state index in [4.69, 9.17) is 11.6 Å². The van der Waals surface area contributed by atoms with Gasteiger partial charge in [0.15, 0.2) is 0 Å². The topological polar surface area (TPSA) is 12.0 Å². The van der Waals surface area contributed by atoms with Gasteiger partial charge in [0.05, 0.1) is 0 Å². The summed E-state index contributed by atoms with van der Waals surface area (Å²) in [6.07, 6.45) is 9.23. The van der Waals surface area contributed by atoms with Crippen LogP contribution in [0.15, 0.2) is 24.3 Å². The molecule has 0 heterocycles. The third-order valence-corrected chi connectivity index (χ3v) is 5.07. The zero-order chi connectivity index (χ0) is 15.1. The van der Waals surface area contributed by atoms with E-state index in [1.165, 1.54) is 50.5 Å². The van der Waals surface area contributed by atoms with Crippen LogP contribution in [0, 0.1) is 11.8 Å². The molecule has 0 aromatic heterocycles. The Morgan fingerprint density at radius 3 is 2.76 bits per heavy atom. The van der Waals surface area contributed by atoms with E-state index in [1.807, 2.05) is 6.07 Å². The van der Waals surface area contributed by atoms with Gasteiger partial charge in [-0.25, -0.2) is 0 Å². The molecule has 1 fully saturated rings. The van der Waals surface area contributed by atoms with Crippen LogP contribution in [0.25, 0.3) is 0 Å². The lowest BCUT2D eigenvalue weighted by molar-refractivity contribution is 0.194. The van der Waals surface area contributed by atoms with Gasteiger partial charge in [0.25, 0.3) is 0 Å². The second-order valence-corrected chi connectivity index (χ2v) is 7.06. The van der Waals surface area contributed by atoms with E-state index in [0.717, 1.165) is 23.4 Å². The summed E-state index contributed by atoms with van der Waals surface area (Å²) in [6.45, 7) is 5.71. The molecule has 3 unspecified atom stereocenters. The Balaban J connectivity index is 2.01. The molecule has 2 heteroatoms. The fourth-order valence-corrected chi connectivity index (χ4v) is 4.04. The molecule has 0 spiro atoms. The van der Waals surface area contributed by atoms with Crippen LogP contribution in [-0.4, -0.2) is 12.6 Å². The van der Waals surface area contributed by atoms with Crippen molar-refractivity contribution in [3.8, 4) is 0 Å². The molecular formula is C19H30ClN. The standard InChI is InChI=1S/C19H30ClN/c1-3-6-15-9-10-19(21-11-4-2)17(12-15)13-16-7-5-8-18(20)14-16/h5,7-8,14-15,17,19,21H,3-4,6,9-13H2,1-2H3. The summed E-state index contributed by atoms with van der Waals surface area (Å²) >= 11 is 6.15. The molecule has 2 rings (SSSR count). The van der Waals surface area contributed by atoms with Crippen molar-refractivity contribution in [3.05, 3.63) is 34.9 Å². The van der Waals surface area contributed by atoms with E-state index in [2.05, 4.69) is 37.4 Å². The van der Waals surface area contributed by atoms with Crippen molar-refractivity contribution >= 4 is 11.6 Å². The average molecular weight is 308 g/mol. The summed E-state index contributed by atoms with van der Waals surface area (Å²) < 4.78 is 0. The zero-order valence-corrected chi connectivity index (χ0v) is 14.3. The van der Waals surface area contributed by atoms with Gasteiger partial charge in [0, 0.05) is 11.1 Å². The van der Waals surface area contributed by atoms with Gasteiger partial charge in [0.2, 0.25) is 0 Å². The molecule has 1 aromatic rings. The SMILES string of the molecule is CCCNC1CCC(CCC)CC1Cc1cccc(Cl)c1. The Kier molecular flexibility index (Phi) is 7.06. The number of nitrogens with one attached hydrogen (secondary N) is 1. The monoisotopic (exact) mass is 307 g/mol. The Bertz CT molecular complexity index is 418. The molecule has 1 aliphatic rings. The molecule has 1 N–H and O–H groups in total. The van der Waals surface area contributed by atoms with Gasteiger partial charge in [-0.05, 0) is 68.2 Å². The minimum Gasteiger partial charge on any atom is -0.314 e. The molecule has 0 radical (unpaired) electrons. The van der Waals surface area contributed by atoms with Crippen LogP contribution in [0.1, 0.15) is 57.9 Å². The van der Waals surface area contributed by atoms with Gasteiger partial charge in [-0.2, -0.15) is 0 Å². The summed E-state index contributed by atoms with van der Waals surface area (Å²) in [4.78, 5) is 0. The van der Waals surface area contributed by atoms with Gasteiger partial charge in [-0.3, -0.25) is 0 Å². The third kappa shape index (κ3) is 5.30. The van der Waals surface area contributed by atoms with Gasteiger partial charge < -0.3 is 5.32 Å². The van der Waals surface area contributed by atoms with Crippen LogP contribution in [0.4, 0.5) is 0 Å². The van der Waals surface area contributed by atoms with Gasteiger partial charge in [-0.15, -0.1) is 0 Å². The number of hydrogen-bond donors (Lipinski definition) is 1. The summed E-state index contributed by atoms with van der Waals surface area (Å²) in [5, 5.41) is 4.65. The number of benzene rings is 1. The maximum absolute atomic E-state index is 6.15. The highest BCUT2D eigenvalue weighted by Crippen LogP contribution is 2.34. The average Bonchev–Trinajstić information content (AvgIpc) is 2.47. The summed E-state index contributed by atoms with van der Waals surface area (Å²) in [7, 11) is 0. The molecule has 0 bridgehead atoms. The first-order chi connectivity index (χ1) is 10.2. The smallest absolute Gasteiger partial charge is 0.0408 e. The molecule has 118 valence electrons. The lowest BCUT2D eigenvalue weighted by Gasteiger charge is -2.37. The Hall–Kier alpha value is -0.530. The van der Waals surface area contributed by atoms with Crippen LogP contribution in [0.3, 0.4) is 0 Å². The molecule has 0 saturated heterocycles. The first kappa shape index (κ1) is 16.8. The van der Waals surface area contributed by atoms with Crippen LogP contribution >= 0.6 is 11.6 Å². The molecule has 0 aliphatic heterocycles. The van der Waals surface area contributed by atoms with Gasteiger partial charge >= 0.3 is 0 Å². The van der Waals surface area contributed by atoms with E-state index in [1.54, 1.807) is 0 Å². The summed E-state index contributed by atoms with van der Waals surface area (Å²) in [5.41, 5.74) is 1.40. The van der Waals surface area contributed by atoms with Crippen molar-refractivity contribution in [3.63, 3.8) is 0 Å². The molecule has 1 saturated carbocycles. The van der Waals surface area contributed by atoms with E-state index in [9.17, 15) is 0 Å². The van der Waals surface area contributed by atoms with E-state index in [-0.39, 0.29) is 0 Å². The molecule has 1 aromatic carbocycles. The Morgan fingerprint density at radius 1 is 1.19 bits per heavy atom. The molecule has 1 nitrogen and oxygen atoms in total. The van der Waals surface area contributed by atoms with Crippen molar-refractivity contribution in [2.75, 3.05) is 6.54 Å². The van der Waals surface area contributed by atoms with E-state index >= 15 is 0 Å². The fraction of sp³-hybridized carbons (Fsp3) is 0.684. The predicted molar refractivity (Wildman–Crippen MR) is 93.0 cm³/mol. The molecule has 21 heavy (non-hydrogen) atoms. The van der Waals surface area contributed by atoms with Gasteiger partial charge in [-0.1, -0.05) is 50.4 Å². The maximum atomic E-state index is 6.15. The predicted octanol–water partition coefficient (Wildman–Crippen LogP) is 5.47. The van der Waals surface area contributed by atoms with E-state index < -0.39 is 0 Å². The third-order valence-electron chi connectivity index (χ3n) is 4.83. The number of rotatable bonds is 7. The maximum Gasteiger partial charge on any atom is 0.0408 e.